The fourth-order valence-corrected chi connectivity index (χ4v) is 3.29. The minimum Gasteiger partial charge on any atom is -0.368 e. The maximum atomic E-state index is 9.13. The van der Waals surface area contributed by atoms with E-state index in [1.807, 2.05) is 18.2 Å². The molecule has 1 fully saturated rings. The number of nitrogens with two attached hydrogens (primary N) is 1. The van der Waals surface area contributed by atoms with Crippen LogP contribution in [0.25, 0.3) is 10.9 Å². The smallest absolute Gasteiger partial charge is 0.0953 e. The van der Waals surface area contributed by atoms with Crippen molar-refractivity contribution in [1.29, 1.82) is 5.26 Å². The van der Waals surface area contributed by atoms with Crippen LogP contribution < -0.4 is 10.6 Å². The third-order valence-corrected chi connectivity index (χ3v) is 4.31. The molecule has 5 heteroatoms. The van der Waals surface area contributed by atoms with Gasteiger partial charge in [0.15, 0.2) is 0 Å². The number of aromatic nitrogens is 1. The summed E-state index contributed by atoms with van der Waals surface area (Å²) in [5, 5.41) is 10.8. The number of benzene rings is 1. The minimum absolute atomic E-state index is 0.0881. The monoisotopic (exact) mass is 300 g/mol. The normalized spacial score (nSPS) is 18.1. The van der Waals surface area contributed by atoms with Gasteiger partial charge in [0.1, 0.15) is 0 Å². The molecule has 1 aliphatic rings. The quantitative estimate of drug-likeness (QED) is 0.946. The summed E-state index contributed by atoms with van der Waals surface area (Å²) in [5.74, 6) is 0.0881. The van der Waals surface area contributed by atoms with E-state index in [1.54, 1.807) is 6.20 Å². The molecule has 3 rings (SSSR count). The van der Waals surface area contributed by atoms with Gasteiger partial charge in [-0.25, -0.2) is 0 Å². The average Bonchev–Trinajstić information content (AvgIpc) is 2.96. The van der Waals surface area contributed by atoms with Gasteiger partial charge in [-0.05, 0) is 43.1 Å². The van der Waals surface area contributed by atoms with E-state index in [-0.39, 0.29) is 5.92 Å². The van der Waals surface area contributed by atoms with Crippen LogP contribution in [-0.4, -0.2) is 24.6 Å². The molecule has 2 heterocycles. The lowest BCUT2D eigenvalue weighted by atomic mass is 10.0. The number of pyridine rings is 1. The van der Waals surface area contributed by atoms with E-state index in [1.165, 1.54) is 0 Å². The van der Waals surface area contributed by atoms with E-state index in [0.29, 0.717) is 11.6 Å². The summed E-state index contributed by atoms with van der Waals surface area (Å²) >= 11 is 6.38. The molecule has 1 saturated heterocycles. The molecular weight excluding hydrogens is 284 g/mol. The highest BCUT2D eigenvalue weighted by Gasteiger charge is 2.26. The second-order valence-corrected chi connectivity index (χ2v) is 5.77. The molecule has 1 unspecified atom stereocenters. The first kappa shape index (κ1) is 14.1. The Morgan fingerprint density at radius 1 is 1.52 bits per heavy atom. The Morgan fingerprint density at radius 2 is 2.38 bits per heavy atom. The van der Waals surface area contributed by atoms with Crippen molar-refractivity contribution in [2.45, 2.75) is 12.8 Å². The number of anilines is 1. The second-order valence-electron chi connectivity index (χ2n) is 5.37. The van der Waals surface area contributed by atoms with Crippen LogP contribution in [0.1, 0.15) is 12.0 Å². The number of hydrogen-bond acceptors (Lipinski definition) is 4. The van der Waals surface area contributed by atoms with Crippen molar-refractivity contribution in [2.24, 2.45) is 11.7 Å². The summed E-state index contributed by atoms with van der Waals surface area (Å²) < 4.78 is 0. The third kappa shape index (κ3) is 2.55. The lowest BCUT2D eigenvalue weighted by Gasteiger charge is -2.23. The summed E-state index contributed by atoms with van der Waals surface area (Å²) in [6.45, 7) is 2.20. The third-order valence-electron chi connectivity index (χ3n) is 4.00. The predicted molar refractivity (Wildman–Crippen MR) is 85.4 cm³/mol. The van der Waals surface area contributed by atoms with Gasteiger partial charge in [-0.15, -0.1) is 0 Å². The number of nitriles is 1. The standard InChI is InChI=1S/C16H17ClN4/c17-14-8-12(3-5-18)16(15-13(14)2-1-6-20-15)21-7-4-11(9-19)10-21/h1-2,6,8,11H,3-5,7,10,18H2. The minimum atomic E-state index is 0.0881. The van der Waals surface area contributed by atoms with E-state index in [4.69, 9.17) is 22.6 Å². The molecule has 2 aromatic rings. The topological polar surface area (TPSA) is 65.9 Å². The Balaban J connectivity index is 2.16. The molecule has 1 atom stereocenters. The van der Waals surface area contributed by atoms with Crippen LogP contribution in [0, 0.1) is 17.2 Å². The van der Waals surface area contributed by atoms with Crippen molar-refractivity contribution in [3.8, 4) is 6.07 Å². The van der Waals surface area contributed by atoms with Crippen molar-refractivity contribution in [1.82, 2.24) is 4.98 Å². The summed E-state index contributed by atoms with van der Waals surface area (Å²) in [4.78, 5) is 6.79. The van der Waals surface area contributed by atoms with Gasteiger partial charge in [-0.3, -0.25) is 4.98 Å². The van der Waals surface area contributed by atoms with E-state index < -0.39 is 0 Å². The Morgan fingerprint density at radius 3 is 3.10 bits per heavy atom. The van der Waals surface area contributed by atoms with Crippen molar-refractivity contribution < 1.29 is 0 Å². The summed E-state index contributed by atoms with van der Waals surface area (Å²) in [5.41, 5.74) is 8.86. The maximum absolute atomic E-state index is 9.13. The number of fused-ring (bicyclic) bond motifs is 1. The van der Waals surface area contributed by atoms with Gasteiger partial charge in [0.2, 0.25) is 0 Å². The molecule has 1 aromatic carbocycles. The molecule has 0 bridgehead atoms. The molecule has 108 valence electrons. The van der Waals surface area contributed by atoms with Crippen molar-refractivity contribution in [3.05, 3.63) is 35.0 Å². The van der Waals surface area contributed by atoms with Crippen LogP contribution in [0.5, 0.6) is 0 Å². The molecule has 0 saturated carbocycles. The van der Waals surface area contributed by atoms with Gasteiger partial charge in [0.25, 0.3) is 0 Å². The highest BCUT2D eigenvalue weighted by Crippen LogP contribution is 2.37. The Kier molecular flexibility index (Phi) is 3.96. The van der Waals surface area contributed by atoms with Crippen LogP contribution in [0.15, 0.2) is 24.4 Å². The van der Waals surface area contributed by atoms with Gasteiger partial charge in [-0.2, -0.15) is 5.26 Å². The Labute approximate surface area is 129 Å². The van der Waals surface area contributed by atoms with Gasteiger partial charge < -0.3 is 10.6 Å². The zero-order valence-electron chi connectivity index (χ0n) is 11.7. The molecule has 1 aromatic heterocycles. The Hall–Kier alpha value is -1.83. The van der Waals surface area contributed by atoms with Crippen LogP contribution in [-0.2, 0) is 6.42 Å². The predicted octanol–water partition coefficient (Wildman–Crippen LogP) is 2.74. The maximum Gasteiger partial charge on any atom is 0.0953 e. The summed E-state index contributed by atoms with van der Waals surface area (Å²) in [6.07, 6.45) is 3.44. The van der Waals surface area contributed by atoms with Gasteiger partial charge in [-0.1, -0.05) is 11.6 Å². The molecule has 0 spiro atoms. The number of nitrogens with zero attached hydrogens (tertiary/aromatic N) is 3. The first-order valence-electron chi connectivity index (χ1n) is 7.15. The van der Waals surface area contributed by atoms with Gasteiger partial charge >= 0.3 is 0 Å². The summed E-state index contributed by atoms with van der Waals surface area (Å²) in [6, 6.07) is 8.23. The molecule has 0 aliphatic carbocycles. The summed E-state index contributed by atoms with van der Waals surface area (Å²) in [7, 11) is 0. The fraction of sp³-hybridized carbons (Fsp3) is 0.375. The molecule has 0 amide bonds. The molecule has 0 radical (unpaired) electrons. The lowest BCUT2D eigenvalue weighted by Crippen LogP contribution is -2.22. The first-order valence-corrected chi connectivity index (χ1v) is 7.53. The van der Waals surface area contributed by atoms with Crippen LogP contribution in [0.4, 0.5) is 5.69 Å². The fourth-order valence-electron chi connectivity index (χ4n) is 3.01. The molecular formula is C16H17ClN4. The number of halogens is 1. The highest BCUT2D eigenvalue weighted by atomic mass is 35.5. The largest absolute Gasteiger partial charge is 0.368 e. The Bertz CT molecular complexity index is 707. The first-order chi connectivity index (χ1) is 10.2. The van der Waals surface area contributed by atoms with E-state index >= 15 is 0 Å². The van der Waals surface area contributed by atoms with Crippen molar-refractivity contribution in [3.63, 3.8) is 0 Å². The van der Waals surface area contributed by atoms with E-state index in [0.717, 1.165) is 48.1 Å². The highest BCUT2D eigenvalue weighted by molar-refractivity contribution is 6.36. The van der Waals surface area contributed by atoms with E-state index in [9.17, 15) is 0 Å². The average molecular weight is 301 g/mol. The molecule has 4 nitrogen and oxygen atoms in total. The van der Waals surface area contributed by atoms with Crippen LogP contribution in [0.2, 0.25) is 5.02 Å². The molecule has 2 N–H and O–H groups in total. The van der Waals surface area contributed by atoms with Crippen molar-refractivity contribution >= 4 is 28.2 Å². The van der Waals surface area contributed by atoms with Crippen LogP contribution in [0.3, 0.4) is 0 Å². The lowest BCUT2D eigenvalue weighted by molar-refractivity contribution is 0.754. The van der Waals surface area contributed by atoms with Crippen LogP contribution >= 0.6 is 11.6 Å². The zero-order valence-corrected chi connectivity index (χ0v) is 12.5. The SMILES string of the molecule is N#CC1CCN(c2c(CCN)cc(Cl)c3cccnc23)C1. The number of hydrogen-bond donors (Lipinski definition) is 1. The molecule has 1 aliphatic heterocycles. The van der Waals surface area contributed by atoms with E-state index in [2.05, 4.69) is 16.0 Å². The second kappa shape index (κ2) is 5.88. The zero-order chi connectivity index (χ0) is 14.8. The van der Waals surface area contributed by atoms with Gasteiger partial charge in [0, 0.05) is 24.7 Å². The number of rotatable bonds is 3. The van der Waals surface area contributed by atoms with Crippen molar-refractivity contribution in [2.75, 3.05) is 24.5 Å². The van der Waals surface area contributed by atoms with Gasteiger partial charge in [0.05, 0.1) is 28.2 Å². The molecule has 21 heavy (non-hydrogen) atoms.